The van der Waals surface area contributed by atoms with Gasteiger partial charge in [0.05, 0.1) is 20.3 Å². The zero-order valence-electron chi connectivity index (χ0n) is 21.9. The van der Waals surface area contributed by atoms with Crippen molar-refractivity contribution in [2.24, 2.45) is 5.92 Å². The van der Waals surface area contributed by atoms with Gasteiger partial charge in [-0.2, -0.15) is 0 Å². The fourth-order valence-electron chi connectivity index (χ4n) is 4.02. The lowest BCUT2D eigenvalue weighted by Gasteiger charge is -2.18. The van der Waals surface area contributed by atoms with Crippen molar-refractivity contribution in [3.8, 4) is 5.75 Å². The number of allylic oxidation sites excluding steroid dienone is 2. The van der Waals surface area contributed by atoms with Gasteiger partial charge in [0.15, 0.2) is 3.92 Å². The number of rotatable bonds is 16. The normalized spacial score (nSPS) is 18.2. The van der Waals surface area contributed by atoms with Crippen molar-refractivity contribution in [2.45, 2.75) is 81.0 Å². The number of methoxy groups -OCH3 is 1. The van der Waals surface area contributed by atoms with Gasteiger partial charge in [-0.3, -0.25) is 19.2 Å². The number of hydroxylamine groups is 1. The van der Waals surface area contributed by atoms with Crippen LogP contribution in [0.2, 0.25) is 0 Å². The molecule has 206 valence electrons. The summed E-state index contributed by atoms with van der Waals surface area (Å²) in [6.45, 7) is 0.969. The van der Waals surface area contributed by atoms with Gasteiger partial charge >= 0.3 is 5.97 Å². The molecule has 0 aliphatic heterocycles. The van der Waals surface area contributed by atoms with Crippen LogP contribution in [0.15, 0.2) is 36.4 Å². The lowest BCUT2D eigenvalue weighted by molar-refractivity contribution is -0.434. The molecule has 0 radical (unpaired) electrons. The molecule has 2 N–H and O–H groups in total. The summed E-state index contributed by atoms with van der Waals surface area (Å²) in [4.78, 5) is 41.0. The molecule has 0 saturated heterocycles. The third-order valence-corrected chi connectivity index (χ3v) is 7.83. The molecule has 0 bridgehead atoms. The molecule has 2 atom stereocenters. The van der Waals surface area contributed by atoms with Crippen LogP contribution in [-0.2, 0) is 24.0 Å². The number of ether oxygens (including phenoxy) is 2. The van der Waals surface area contributed by atoms with E-state index in [1.807, 2.05) is 18.2 Å². The fraction of sp³-hybridized carbons (Fsp3) is 0.607. The summed E-state index contributed by atoms with van der Waals surface area (Å²) in [5, 5.41) is 2.89. The first-order chi connectivity index (χ1) is 18.0. The molecule has 1 aliphatic carbocycles. The third kappa shape index (κ3) is 14.4. The van der Waals surface area contributed by atoms with Gasteiger partial charge in [0.25, 0.3) is 22.6 Å². The monoisotopic (exact) mass is 629 g/mol. The van der Waals surface area contributed by atoms with E-state index in [9.17, 15) is 14.4 Å². The molecule has 8 nitrogen and oxygen atoms in total. The molecule has 9 heteroatoms. The van der Waals surface area contributed by atoms with Crippen LogP contribution in [0.5, 0.6) is 5.75 Å². The molecule has 1 aliphatic rings. The number of anilines is 1. The maximum Gasteiger partial charge on any atom is 0.305 e. The van der Waals surface area contributed by atoms with Crippen LogP contribution < -0.4 is 38.1 Å². The molecule has 0 spiro atoms. The first kappa shape index (κ1) is 31.1. The van der Waals surface area contributed by atoms with Crippen molar-refractivity contribution in [2.75, 3.05) is 25.6 Å². The smallest absolute Gasteiger partial charge is 0.305 e. The molecule has 0 saturated carbocycles. The SMILES string of the molecule is COC(=O)CCCOc1cccc(NC(=O)CCCCCCC(=O)NOCC2CCC/C=C\CC2[IH+])c1. The number of amides is 2. The maximum absolute atomic E-state index is 12.3. The summed E-state index contributed by atoms with van der Waals surface area (Å²) in [5.41, 5.74) is 3.28. The zero-order chi connectivity index (χ0) is 26.7. The fourth-order valence-corrected chi connectivity index (χ4v) is 4.95. The average Bonchev–Trinajstić information content (AvgIpc) is 2.88. The number of hydrogen-bond acceptors (Lipinski definition) is 6. The highest BCUT2D eigenvalue weighted by molar-refractivity contribution is 5.90. The molecule has 1 aromatic rings. The summed E-state index contributed by atoms with van der Waals surface area (Å²) in [7, 11) is 1.36. The minimum absolute atomic E-state index is 0.0480. The number of hydrogen-bond donors (Lipinski definition) is 2. The Kier molecular flexibility index (Phi) is 16.0. The standard InChI is InChI=1S/C28H41IN2O6/c1-35-28(34)18-11-19-36-24-14-10-13-23(20-24)30-26(32)16-8-4-5-9-17-27(33)31-37-21-22-12-6-2-3-7-15-25(22)29/h3,7,10,13-14,20,22,25,29H,2,4-6,8-9,11-12,15-19,21H2,1H3,(H-,30,31,32,33)/p+1/b7-3-. The molecular formula is C28H42IN2O6+. The largest absolute Gasteiger partial charge is 0.494 e. The lowest BCUT2D eigenvalue weighted by Crippen LogP contribution is -3.39. The first-order valence-corrected chi connectivity index (χ1v) is 14.6. The van der Waals surface area contributed by atoms with E-state index in [4.69, 9.17) is 9.57 Å². The molecule has 0 aromatic heterocycles. The van der Waals surface area contributed by atoms with Gasteiger partial charge < -0.3 is 14.8 Å². The second kappa shape index (κ2) is 19.0. The van der Waals surface area contributed by atoms with E-state index in [0.29, 0.717) is 60.2 Å². The molecular weight excluding hydrogens is 587 g/mol. The number of alkyl halides is 1. The lowest BCUT2D eigenvalue weighted by atomic mass is 9.95. The van der Waals surface area contributed by atoms with Crippen LogP contribution in [0.4, 0.5) is 5.69 Å². The number of unbranched alkanes of at least 4 members (excludes halogenated alkanes) is 3. The van der Waals surface area contributed by atoms with E-state index >= 15 is 0 Å². The number of nitrogens with one attached hydrogen (secondary N) is 2. The maximum atomic E-state index is 12.3. The van der Waals surface area contributed by atoms with E-state index in [2.05, 4.69) is 50.3 Å². The number of esters is 1. The van der Waals surface area contributed by atoms with Gasteiger partial charge in [0.2, 0.25) is 11.8 Å². The molecule has 0 heterocycles. The van der Waals surface area contributed by atoms with Crippen molar-refractivity contribution in [1.29, 1.82) is 0 Å². The van der Waals surface area contributed by atoms with Crippen LogP contribution in [0.25, 0.3) is 0 Å². The van der Waals surface area contributed by atoms with Gasteiger partial charge in [0, 0.05) is 43.4 Å². The van der Waals surface area contributed by atoms with E-state index in [-0.39, 0.29) is 17.8 Å². The molecule has 37 heavy (non-hydrogen) atoms. The van der Waals surface area contributed by atoms with Crippen molar-refractivity contribution in [3.63, 3.8) is 0 Å². The van der Waals surface area contributed by atoms with Crippen LogP contribution in [0.3, 0.4) is 0 Å². The van der Waals surface area contributed by atoms with E-state index in [1.165, 1.54) is 13.5 Å². The van der Waals surface area contributed by atoms with Crippen molar-refractivity contribution in [3.05, 3.63) is 36.4 Å². The molecule has 2 rings (SSSR count). The summed E-state index contributed by atoms with van der Waals surface area (Å²) < 4.78 is 10.8. The third-order valence-electron chi connectivity index (χ3n) is 6.19. The summed E-state index contributed by atoms with van der Waals surface area (Å²) in [6.07, 6.45) is 14.1. The highest BCUT2D eigenvalue weighted by atomic mass is 127. The zero-order valence-corrected chi connectivity index (χ0v) is 24.2. The topological polar surface area (TPSA) is 103 Å². The van der Waals surface area contributed by atoms with Gasteiger partial charge in [-0.15, -0.1) is 0 Å². The summed E-state index contributed by atoms with van der Waals surface area (Å²) >= 11 is 2.17. The highest BCUT2D eigenvalue weighted by Gasteiger charge is 2.25. The number of halogens is 1. The minimum Gasteiger partial charge on any atom is -0.494 e. The highest BCUT2D eigenvalue weighted by Crippen LogP contribution is 2.19. The van der Waals surface area contributed by atoms with Crippen molar-refractivity contribution >= 4 is 23.5 Å². The van der Waals surface area contributed by atoms with Crippen LogP contribution in [0, 0.1) is 5.92 Å². The van der Waals surface area contributed by atoms with E-state index in [1.54, 1.807) is 6.07 Å². The Balaban J connectivity index is 1.50. The Morgan fingerprint density at radius 2 is 1.78 bits per heavy atom. The Hall–Kier alpha value is -2.14. The number of carbonyl (C=O) groups is 3. The van der Waals surface area contributed by atoms with Crippen LogP contribution in [-0.4, -0.2) is 42.0 Å². The van der Waals surface area contributed by atoms with Gasteiger partial charge in [0.1, 0.15) is 5.75 Å². The minimum atomic E-state index is -0.259. The summed E-state index contributed by atoms with van der Waals surface area (Å²) in [5.74, 6) is 0.735. The molecule has 1 aromatic carbocycles. The van der Waals surface area contributed by atoms with Crippen molar-refractivity contribution in [1.82, 2.24) is 5.48 Å². The predicted molar refractivity (Wildman–Crippen MR) is 140 cm³/mol. The van der Waals surface area contributed by atoms with Crippen LogP contribution >= 0.6 is 0 Å². The molecule has 0 fully saturated rings. The average molecular weight is 630 g/mol. The number of benzene rings is 1. The van der Waals surface area contributed by atoms with Gasteiger partial charge in [-0.25, -0.2) is 5.48 Å². The summed E-state index contributed by atoms with van der Waals surface area (Å²) in [6, 6.07) is 7.21. The number of carbonyl (C=O) groups excluding carboxylic acids is 3. The van der Waals surface area contributed by atoms with Gasteiger partial charge in [-0.05, 0) is 50.7 Å². The Labute approximate surface area is 234 Å². The van der Waals surface area contributed by atoms with Crippen molar-refractivity contribution < 1.29 is 51.3 Å². The Bertz CT molecular complexity index is 863. The van der Waals surface area contributed by atoms with E-state index < -0.39 is 0 Å². The Morgan fingerprint density at radius 3 is 2.57 bits per heavy atom. The Morgan fingerprint density at radius 1 is 1.00 bits per heavy atom. The quantitative estimate of drug-likeness (QED) is 0.0722. The molecule has 2 unspecified atom stereocenters. The van der Waals surface area contributed by atoms with E-state index in [0.717, 1.165) is 44.9 Å². The van der Waals surface area contributed by atoms with Crippen LogP contribution in [0.1, 0.15) is 77.0 Å². The predicted octanol–water partition coefficient (Wildman–Crippen LogP) is 1.75. The molecule has 2 amide bonds. The second-order valence-corrected chi connectivity index (χ2v) is 11.0. The first-order valence-electron chi connectivity index (χ1n) is 13.3. The van der Waals surface area contributed by atoms with Gasteiger partial charge in [-0.1, -0.05) is 31.1 Å². The second-order valence-electron chi connectivity index (χ2n) is 9.29.